The largest absolute Gasteiger partial charge is 0.0651 e. The normalized spacial score (nSPS) is 18.4. The Morgan fingerprint density at radius 2 is 1.79 bits per heavy atom. The molecule has 19 heavy (non-hydrogen) atoms. The summed E-state index contributed by atoms with van der Waals surface area (Å²) < 4.78 is 0. The average Bonchev–Trinajstić information content (AvgIpc) is 2.48. The van der Waals surface area contributed by atoms with Crippen LogP contribution < -0.4 is 0 Å². The van der Waals surface area contributed by atoms with Crippen molar-refractivity contribution in [3.63, 3.8) is 0 Å². The maximum atomic E-state index is 2.36. The van der Waals surface area contributed by atoms with E-state index in [0.29, 0.717) is 0 Å². The lowest BCUT2D eigenvalue weighted by molar-refractivity contribution is 0.316. The first kappa shape index (κ1) is 14.6. The van der Waals surface area contributed by atoms with Crippen molar-refractivity contribution in [1.82, 2.24) is 0 Å². The monoisotopic (exact) mass is 258 g/mol. The molecule has 0 radical (unpaired) electrons. The summed E-state index contributed by atoms with van der Waals surface area (Å²) in [7, 11) is 0. The first-order chi connectivity index (χ1) is 9.38. The van der Waals surface area contributed by atoms with Gasteiger partial charge in [0.1, 0.15) is 0 Å². The first-order valence-electron chi connectivity index (χ1n) is 8.42. The second-order valence-electron chi connectivity index (χ2n) is 6.40. The van der Waals surface area contributed by atoms with Gasteiger partial charge in [-0.15, -0.1) is 0 Å². The van der Waals surface area contributed by atoms with Gasteiger partial charge in [-0.25, -0.2) is 0 Å². The third-order valence-electron chi connectivity index (χ3n) is 4.89. The van der Waals surface area contributed by atoms with E-state index in [1.807, 2.05) is 0 Å². The smallest absolute Gasteiger partial charge is 0.0250 e. The third kappa shape index (κ3) is 5.38. The van der Waals surface area contributed by atoms with E-state index in [1.54, 1.807) is 0 Å². The molecule has 0 aromatic heterocycles. The Bertz CT molecular complexity index is 321. The Morgan fingerprint density at radius 1 is 1.05 bits per heavy atom. The van der Waals surface area contributed by atoms with Crippen molar-refractivity contribution in [3.05, 3.63) is 35.9 Å². The molecule has 0 N–H and O–H groups in total. The van der Waals surface area contributed by atoms with Gasteiger partial charge in [-0.05, 0) is 23.8 Å². The average molecular weight is 258 g/mol. The maximum absolute atomic E-state index is 2.36. The summed E-state index contributed by atoms with van der Waals surface area (Å²) in [6, 6.07) is 11.0. The van der Waals surface area contributed by atoms with Gasteiger partial charge in [-0.2, -0.15) is 0 Å². The molecular weight excluding hydrogens is 228 g/mol. The van der Waals surface area contributed by atoms with E-state index in [1.165, 1.54) is 69.8 Å². The molecule has 0 heterocycles. The van der Waals surface area contributed by atoms with Gasteiger partial charge >= 0.3 is 0 Å². The molecule has 0 nitrogen and oxygen atoms in total. The van der Waals surface area contributed by atoms with Crippen LogP contribution in [0.5, 0.6) is 0 Å². The quantitative estimate of drug-likeness (QED) is 0.562. The zero-order chi connectivity index (χ0) is 13.3. The van der Waals surface area contributed by atoms with Crippen LogP contribution in [0.2, 0.25) is 0 Å². The van der Waals surface area contributed by atoms with Crippen LogP contribution in [0.4, 0.5) is 0 Å². The molecule has 0 saturated heterocycles. The molecule has 0 heteroatoms. The summed E-state index contributed by atoms with van der Waals surface area (Å²) in [5.41, 5.74) is 1.52. The minimum Gasteiger partial charge on any atom is -0.0651 e. The molecule has 1 aliphatic carbocycles. The Labute approximate surface area is 119 Å². The van der Waals surface area contributed by atoms with E-state index in [0.717, 1.165) is 11.8 Å². The zero-order valence-corrected chi connectivity index (χ0v) is 12.6. The molecular formula is C19H30. The van der Waals surface area contributed by atoms with Crippen LogP contribution in [0.1, 0.15) is 70.3 Å². The molecule has 2 rings (SSSR count). The molecule has 1 fully saturated rings. The van der Waals surface area contributed by atoms with Crippen LogP contribution in [-0.2, 0) is 6.42 Å². The highest BCUT2D eigenvalue weighted by molar-refractivity contribution is 5.15. The van der Waals surface area contributed by atoms with E-state index in [4.69, 9.17) is 0 Å². The Morgan fingerprint density at radius 3 is 2.47 bits per heavy atom. The van der Waals surface area contributed by atoms with Crippen LogP contribution >= 0.6 is 0 Å². The Kier molecular flexibility index (Phi) is 6.47. The van der Waals surface area contributed by atoms with Gasteiger partial charge in [0.2, 0.25) is 0 Å². The minimum absolute atomic E-state index is 0.894. The summed E-state index contributed by atoms with van der Waals surface area (Å²) in [4.78, 5) is 0. The molecule has 0 bridgehead atoms. The maximum Gasteiger partial charge on any atom is -0.0250 e. The number of hydrogen-bond donors (Lipinski definition) is 0. The fourth-order valence-corrected chi connectivity index (χ4v) is 3.57. The van der Waals surface area contributed by atoms with Crippen LogP contribution in [-0.4, -0.2) is 0 Å². The lowest BCUT2D eigenvalue weighted by atomic mass is 9.84. The molecule has 0 amide bonds. The standard InChI is InChI=1S/C19H30/c1-2-17(16-19-12-7-4-8-13-19)14-9-15-18-10-5-3-6-11-18/h4,7-8,12-13,17-18H,2-3,5-6,9-11,14-16H2,1H3. The van der Waals surface area contributed by atoms with Gasteiger partial charge in [0.25, 0.3) is 0 Å². The van der Waals surface area contributed by atoms with Crippen LogP contribution in [0.15, 0.2) is 30.3 Å². The molecule has 1 saturated carbocycles. The summed E-state index contributed by atoms with van der Waals surface area (Å²) in [5.74, 6) is 1.95. The minimum atomic E-state index is 0.894. The van der Waals surface area contributed by atoms with Crippen LogP contribution in [0, 0.1) is 11.8 Å². The third-order valence-corrected chi connectivity index (χ3v) is 4.89. The van der Waals surface area contributed by atoms with Gasteiger partial charge in [0.05, 0.1) is 0 Å². The fourth-order valence-electron chi connectivity index (χ4n) is 3.57. The second kappa shape index (κ2) is 8.40. The molecule has 1 aliphatic rings. The molecule has 1 atom stereocenters. The highest BCUT2D eigenvalue weighted by atomic mass is 14.2. The van der Waals surface area contributed by atoms with Gasteiger partial charge in [0, 0.05) is 0 Å². The predicted molar refractivity (Wildman–Crippen MR) is 84.4 cm³/mol. The molecule has 106 valence electrons. The first-order valence-corrected chi connectivity index (χ1v) is 8.42. The van der Waals surface area contributed by atoms with Crippen molar-refractivity contribution < 1.29 is 0 Å². The lowest BCUT2D eigenvalue weighted by Gasteiger charge is -2.22. The molecule has 1 aromatic carbocycles. The summed E-state index contributed by atoms with van der Waals surface area (Å²) in [5, 5.41) is 0. The van der Waals surface area contributed by atoms with E-state index in [2.05, 4.69) is 37.3 Å². The van der Waals surface area contributed by atoms with Crippen molar-refractivity contribution in [2.75, 3.05) is 0 Å². The summed E-state index contributed by atoms with van der Waals surface area (Å²) >= 11 is 0. The van der Waals surface area contributed by atoms with Crippen molar-refractivity contribution in [1.29, 1.82) is 0 Å². The molecule has 0 spiro atoms. The van der Waals surface area contributed by atoms with Gasteiger partial charge in [0.15, 0.2) is 0 Å². The number of rotatable bonds is 7. The lowest BCUT2D eigenvalue weighted by Crippen LogP contribution is -2.08. The highest BCUT2D eigenvalue weighted by Crippen LogP contribution is 2.29. The van der Waals surface area contributed by atoms with Gasteiger partial charge < -0.3 is 0 Å². The van der Waals surface area contributed by atoms with E-state index >= 15 is 0 Å². The Balaban J connectivity index is 1.67. The number of benzene rings is 1. The summed E-state index contributed by atoms with van der Waals surface area (Å²) in [6.45, 7) is 2.36. The van der Waals surface area contributed by atoms with Crippen molar-refractivity contribution in [3.8, 4) is 0 Å². The topological polar surface area (TPSA) is 0 Å². The molecule has 1 aromatic rings. The summed E-state index contributed by atoms with van der Waals surface area (Å²) in [6.07, 6.45) is 14.5. The van der Waals surface area contributed by atoms with Crippen LogP contribution in [0.25, 0.3) is 0 Å². The van der Waals surface area contributed by atoms with Crippen molar-refractivity contribution in [2.45, 2.75) is 71.1 Å². The Hall–Kier alpha value is -0.780. The SMILES string of the molecule is CCC(CCCC1CCCCC1)Cc1ccccc1. The highest BCUT2D eigenvalue weighted by Gasteiger charge is 2.14. The zero-order valence-electron chi connectivity index (χ0n) is 12.6. The predicted octanol–water partition coefficient (Wildman–Crippen LogP) is 6.01. The molecule has 1 unspecified atom stereocenters. The fraction of sp³-hybridized carbons (Fsp3) is 0.684. The van der Waals surface area contributed by atoms with Gasteiger partial charge in [-0.1, -0.05) is 95.0 Å². The second-order valence-corrected chi connectivity index (χ2v) is 6.40. The van der Waals surface area contributed by atoms with E-state index in [9.17, 15) is 0 Å². The van der Waals surface area contributed by atoms with Crippen molar-refractivity contribution in [2.24, 2.45) is 11.8 Å². The van der Waals surface area contributed by atoms with Gasteiger partial charge in [-0.3, -0.25) is 0 Å². The van der Waals surface area contributed by atoms with E-state index < -0.39 is 0 Å². The van der Waals surface area contributed by atoms with Crippen molar-refractivity contribution >= 4 is 0 Å². The number of hydrogen-bond acceptors (Lipinski definition) is 0. The molecule has 0 aliphatic heterocycles. The van der Waals surface area contributed by atoms with E-state index in [-0.39, 0.29) is 0 Å². The van der Waals surface area contributed by atoms with Crippen LogP contribution in [0.3, 0.4) is 0 Å².